The van der Waals surface area contributed by atoms with Gasteiger partial charge in [0.25, 0.3) is 5.56 Å². The highest BCUT2D eigenvalue weighted by Gasteiger charge is 2.16. The molecule has 2 N–H and O–H groups in total. The molecule has 1 aromatic carbocycles. The van der Waals surface area contributed by atoms with Crippen LogP contribution >= 0.6 is 11.8 Å². The number of fused-ring (bicyclic) bond motifs is 1. The maximum absolute atomic E-state index is 13.0. The van der Waals surface area contributed by atoms with Gasteiger partial charge in [0, 0.05) is 0 Å². The first-order chi connectivity index (χ1) is 13.5. The van der Waals surface area contributed by atoms with Crippen molar-refractivity contribution in [3.8, 4) is 0 Å². The Hall–Kier alpha value is -2.39. The molecule has 0 fully saturated rings. The minimum Gasteiger partial charge on any atom is -0.450 e. The smallest absolute Gasteiger partial charge is 0.413 e. The van der Waals surface area contributed by atoms with E-state index in [-0.39, 0.29) is 17.9 Å². The highest BCUT2D eigenvalue weighted by Crippen LogP contribution is 2.17. The lowest BCUT2D eigenvalue weighted by Gasteiger charge is -2.18. The van der Waals surface area contributed by atoms with Gasteiger partial charge in [0.1, 0.15) is 0 Å². The van der Waals surface area contributed by atoms with Crippen LogP contribution in [0.4, 0.5) is 4.79 Å². The highest BCUT2D eigenvalue weighted by atomic mass is 32.2. The third kappa shape index (κ3) is 5.80. The number of amides is 2. The Bertz CT molecular complexity index is 880. The van der Waals surface area contributed by atoms with Crippen LogP contribution in [0.3, 0.4) is 0 Å². The number of rotatable bonds is 9. The second-order valence-electron chi connectivity index (χ2n) is 6.13. The Morgan fingerprint density at radius 2 is 1.93 bits per heavy atom. The third-order valence-electron chi connectivity index (χ3n) is 4.36. The van der Waals surface area contributed by atoms with Gasteiger partial charge in [-0.1, -0.05) is 23.9 Å². The fraction of sp³-hybridized carbons (Fsp3) is 0.474. The molecule has 152 valence electrons. The Morgan fingerprint density at radius 3 is 2.61 bits per heavy atom. The van der Waals surface area contributed by atoms with Crippen LogP contribution in [0.5, 0.6) is 0 Å². The molecule has 9 heteroatoms. The Balaban J connectivity index is 2.24. The number of carbonyl (C=O) groups is 2. The molecule has 0 unspecified atom stereocenters. The van der Waals surface area contributed by atoms with Crippen LogP contribution in [0.25, 0.3) is 10.9 Å². The Labute approximate surface area is 168 Å². The van der Waals surface area contributed by atoms with Gasteiger partial charge in [-0.3, -0.25) is 19.5 Å². The minimum atomic E-state index is -0.776. The van der Waals surface area contributed by atoms with E-state index in [1.807, 2.05) is 12.1 Å². The van der Waals surface area contributed by atoms with Crippen molar-refractivity contribution >= 4 is 34.7 Å². The van der Waals surface area contributed by atoms with E-state index in [9.17, 15) is 14.4 Å². The summed E-state index contributed by atoms with van der Waals surface area (Å²) in [4.78, 5) is 42.3. The molecule has 0 radical (unpaired) electrons. The predicted octanol–water partition coefficient (Wildman–Crippen LogP) is 0.686. The molecule has 0 atom stereocenters. The number of carbonyl (C=O) groups excluding carboxylic acids is 2. The number of aromatic nitrogens is 2. The molecule has 8 nitrogen and oxygen atoms in total. The molecule has 1 aromatic heterocycles. The summed E-state index contributed by atoms with van der Waals surface area (Å²) in [6.45, 7) is 9.30. The number of nitrogens with zero attached hydrogens (tertiary/aromatic N) is 2. The average molecular weight is 408 g/mol. The van der Waals surface area contributed by atoms with Crippen molar-refractivity contribution in [1.29, 1.82) is 0 Å². The van der Waals surface area contributed by atoms with Crippen molar-refractivity contribution in [3.63, 3.8) is 0 Å². The maximum Gasteiger partial charge on any atom is 0.413 e. The molecule has 1 heterocycles. The monoisotopic (exact) mass is 407 g/mol. The van der Waals surface area contributed by atoms with E-state index in [0.29, 0.717) is 22.6 Å². The number of imide groups is 1. The summed E-state index contributed by atoms with van der Waals surface area (Å²) in [5.41, 5.74) is 0.470. The Morgan fingerprint density at radius 1 is 1.21 bits per heavy atom. The number of alkyl carbamates (subject to hydrolysis) is 1. The molecule has 2 rings (SSSR count). The second kappa shape index (κ2) is 10.8. The number of nitrogens with one attached hydrogen (secondary N) is 2. The second-order valence-corrected chi connectivity index (χ2v) is 7.08. The summed E-state index contributed by atoms with van der Waals surface area (Å²) in [7, 11) is 0. The van der Waals surface area contributed by atoms with E-state index in [4.69, 9.17) is 4.74 Å². The van der Waals surface area contributed by atoms with Crippen LogP contribution in [0.1, 0.15) is 20.8 Å². The summed E-state index contributed by atoms with van der Waals surface area (Å²) in [6.07, 6.45) is -0.776. The van der Waals surface area contributed by atoms with Crippen LogP contribution < -0.4 is 15.8 Å². The molecule has 0 spiro atoms. The molecule has 2 aromatic rings. The predicted molar refractivity (Wildman–Crippen MR) is 109 cm³/mol. The average Bonchev–Trinajstić information content (AvgIpc) is 2.69. The molecular formula is C19H27N4O4S+. The van der Waals surface area contributed by atoms with Crippen LogP contribution in [-0.4, -0.2) is 53.5 Å². The summed E-state index contributed by atoms with van der Waals surface area (Å²) in [6, 6.07) is 7.17. The van der Waals surface area contributed by atoms with E-state index in [2.05, 4.69) is 24.1 Å². The van der Waals surface area contributed by atoms with Crippen LogP contribution in [0.2, 0.25) is 0 Å². The number of hydrogen-bond donors (Lipinski definition) is 2. The first-order valence-electron chi connectivity index (χ1n) is 9.42. The number of benzene rings is 1. The van der Waals surface area contributed by atoms with E-state index >= 15 is 0 Å². The first-order valence-corrected chi connectivity index (χ1v) is 10.4. The highest BCUT2D eigenvalue weighted by molar-refractivity contribution is 7.99. The van der Waals surface area contributed by atoms with Crippen molar-refractivity contribution < 1.29 is 19.2 Å². The van der Waals surface area contributed by atoms with Crippen molar-refractivity contribution in [2.24, 2.45) is 0 Å². The van der Waals surface area contributed by atoms with Crippen LogP contribution in [-0.2, 0) is 16.1 Å². The number of quaternary nitrogens is 1. The molecule has 28 heavy (non-hydrogen) atoms. The number of hydrogen-bond acceptors (Lipinski definition) is 6. The topological polar surface area (TPSA) is 94.7 Å². The summed E-state index contributed by atoms with van der Waals surface area (Å²) >= 11 is 1.13. The van der Waals surface area contributed by atoms with Crippen LogP contribution in [0, 0.1) is 0 Å². The lowest BCUT2D eigenvalue weighted by atomic mass is 10.2. The molecule has 2 amide bonds. The molecule has 0 bridgehead atoms. The largest absolute Gasteiger partial charge is 0.450 e. The van der Waals surface area contributed by atoms with Crippen molar-refractivity contribution in [1.82, 2.24) is 14.9 Å². The quantitative estimate of drug-likeness (QED) is 0.469. The van der Waals surface area contributed by atoms with E-state index in [1.54, 1.807) is 23.6 Å². The molecular weight excluding hydrogens is 380 g/mol. The number of ether oxygens (including phenoxy) is 1. The molecule has 0 saturated carbocycles. The van der Waals surface area contributed by atoms with Crippen molar-refractivity contribution in [2.45, 2.75) is 32.5 Å². The minimum absolute atomic E-state index is 0.0400. The van der Waals surface area contributed by atoms with Gasteiger partial charge in [-0.25, -0.2) is 9.78 Å². The zero-order valence-electron chi connectivity index (χ0n) is 16.5. The summed E-state index contributed by atoms with van der Waals surface area (Å²) in [5, 5.41) is 3.17. The van der Waals surface area contributed by atoms with Gasteiger partial charge >= 0.3 is 6.09 Å². The number of para-hydroxylation sites is 1. The maximum atomic E-state index is 13.0. The SMILES string of the molecule is CCOC(=O)NC(=O)CSc1nc2ccccc2c(=O)n1CC[NH+](CC)CC. The van der Waals surface area contributed by atoms with E-state index < -0.39 is 12.0 Å². The van der Waals surface area contributed by atoms with Gasteiger partial charge in [0.05, 0.1) is 49.4 Å². The molecule has 0 aliphatic rings. The summed E-state index contributed by atoms with van der Waals surface area (Å²) in [5.74, 6) is -0.534. The fourth-order valence-electron chi connectivity index (χ4n) is 2.78. The lowest BCUT2D eigenvalue weighted by molar-refractivity contribution is -0.897. The van der Waals surface area contributed by atoms with Gasteiger partial charge in [-0.2, -0.15) is 0 Å². The standard InChI is InChI=1S/C19H26N4O4S/c1-4-22(5-2)11-12-23-17(25)14-9-7-8-10-15(14)20-18(23)28-13-16(24)21-19(26)27-6-3/h7-10H,4-6,11-13H2,1-3H3,(H,21,24,26)/p+1. The van der Waals surface area contributed by atoms with Gasteiger partial charge in [-0.05, 0) is 32.9 Å². The van der Waals surface area contributed by atoms with E-state index in [0.717, 1.165) is 31.4 Å². The lowest BCUT2D eigenvalue weighted by Crippen LogP contribution is -3.11. The molecule has 0 saturated heterocycles. The number of thioether (sulfide) groups is 1. The van der Waals surface area contributed by atoms with Gasteiger partial charge in [-0.15, -0.1) is 0 Å². The third-order valence-corrected chi connectivity index (χ3v) is 5.34. The zero-order valence-corrected chi connectivity index (χ0v) is 17.3. The van der Waals surface area contributed by atoms with Crippen LogP contribution in [0.15, 0.2) is 34.2 Å². The van der Waals surface area contributed by atoms with Gasteiger partial charge < -0.3 is 9.64 Å². The normalized spacial score (nSPS) is 11.0. The molecule has 0 aliphatic heterocycles. The van der Waals surface area contributed by atoms with Crippen molar-refractivity contribution in [2.75, 3.05) is 32.0 Å². The first kappa shape index (κ1) is 21.9. The number of likely N-dealkylation sites (N-methyl/N-ethyl adjacent to an activating group) is 1. The van der Waals surface area contributed by atoms with Crippen molar-refractivity contribution in [3.05, 3.63) is 34.6 Å². The molecule has 0 aliphatic carbocycles. The zero-order chi connectivity index (χ0) is 20.5. The van der Waals surface area contributed by atoms with Gasteiger partial charge in [0.15, 0.2) is 5.16 Å². The van der Waals surface area contributed by atoms with Gasteiger partial charge in [0.2, 0.25) is 5.91 Å². The van der Waals surface area contributed by atoms with E-state index in [1.165, 1.54) is 4.90 Å². The Kier molecular flexibility index (Phi) is 8.46. The fourth-order valence-corrected chi connectivity index (χ4v) is 3.60. The summed E-state index contributed by atoms with van der Waals surface area (Å²) < 4.78 is 6.32.